The molecule has 0 atom stereocenters. The van der Waals surface area contributed by atoms with Crippen molar-refractivity contribution < 1.29 is 4.79 Å². The normalized spacial score (nSPS) is 10.1. The summed E-state index contributed by atoms with van der Waals surface area (Å²) in [6.07, 6.45) is 2.31. The van der Waals surface area contributed by atoms with E-state index in [-0.39, 0.29) is 5.91 Å². The molecule has 0 spiro atoms. The summed E-state index contributed by atoms with van der Waals surface area (Å²) in [4.78, 5) is 16.6. The Hall–Kier alpha value is -3.36. The number of aromatic nitrogens is 1. The molecular weight excluding hydrogens is 360 g/mol. The Labute approximate surface area is 162 Å². The van der Waals surface area contributed by atoms with Gasteiger partial charge in [0.1, 0.15) is 5.82 Å². The SMILES string of the molecule is N#Cc1ccc(Nc2cc(C(=O)NCCc3ccc(Cl)cc3)ccn2)cc1. The zero-order valence-corrected chi connectivity index (χ0v) is 15.2. The molecule has 6 heteroatoms. The number of hydrogen-bond acceptors (Lipinski definition) is 4. The zero-order valence-electron chi connectivity index (χ0n) is 14.4. The molecule has 1 aromatic heterocycles. The lowest BCUT2D eigenvalue weighted by Crippen LogP contribution is -2.25. The lowest BCUT2D eigenvalue weighted by atomic mass is 10.1. The van der Waals surface area contributed by atoms with E-state index in [9.17, 15) is 4.79 Å². The summed E-state index contributed by atoms with van der Waals surface area (Å²) in [7, 11) is 0. The smallest absolute Gasteiger partial charge is 0.251 e. The molecule has 0 aliphatic heterocycles. The van der Waals surface area contributed by atoms with Crippen molar-refractivity contribution in [1.29, 1.82) is 5.26 Å². The zero-order chi connectivity index (χ0) is 19.1. The molecule has 0 aliphatic rings. The molecule has 1 heterocycles. The first-order valence-corrected chi connectivity index (χ1v) is 8.78. The van der Waals surface area contributed by atoms with Crippen molar-refractivity contribution >= 4 is 29.0 Å². The topological polar surface area (TPSA) is 77.8 Å². The number of nitrogens with one attached hydrogen (secondary N) is 2. The summed E-state index contributed by atoms with van der Waals surface area (Å²) < 4.78 is 0. The molecule has 2 N–H and O–H groups in total. The molecule has 5 nitrogen and oxygen atoms in total. The van der Waals surface area contributed by atoms with Crippen molar-refractivity contribution in [2.24, 2.45) is 0 Å². The van der Waals surface area contributed by atoms with Crippen LogP contribution in [0.25, 0.3) is 0 Å². The van der Waals surface area contributed by atoms with Gasteiger partial charge in [-0.2, -0.15) is 5.26 Å². The predicted molar refractivity (Wildman–Crippen MR) is 106 cm³/mol. The molecule has 1 amide bonds. The molecule has 0 saturated carbocycles. The van der Waals surface area contributed by atoms with Crippen molar-refractivity contribution in [1.82, 2.24) is 10.3 Å². The Morgan fingerprint density at radius 2 is 1.81 bits per heavy atom. The van der Waals surface area contributed by atoms with Crippen molar-refractivity contribution in [3.05, 3.63) is 88.6 Å². The maximum atomic E-state index is 12.4. The monoisotopic (exact) mass is 376 g/mol. The van der Waals surface area contributed by atoms with E-state index in [2.05, 4.69) is 21.7 Å². The summed E-state index contributed by atoms with van der Waals surface area (Å²) in [5, 5.41) is 15.6. The van der Waals surface area contributed by atoms with Gasteiger partial charge >= 0.3 is 0 Å². The van der Waals surface area contributed by atoms with Gasteiger partial charge in [0.25, 0.3) is 5.91 Å². The second-order valence-electron chi connectivity index (χ2n) is 5.88. The Kier molecular flexibility index (Phi) is 6.03. The molecule has 2 aromatic carbocycles. The van der Waals surface area contributed by atoms with E-state index in [0.29, 0.717) is 28.5 Å². The fourth-order valence-electron chi connectivity index (χ4n) is 2.49. The van der Waals surface area contributed by atoms with E-state index in [4.69, 9.17) is 16.9 Å². The van der Waals surface area contributed by atoms with Crippen molar-refractivity contribution in [2.75, 3.05) is 11.9 Å². The first-order valence-electron chi connectivity index (χ1n) is 8.40. The van der Waals surface area contributed by atoms with E-state index in [0.717, 1.165) is 17.7 Å². The highest BCUT2D eigenvalue weighted by Crippen LogP contribution is 2.16. The van der Waals surface area contributed by atoms with Crippen LogP contribution in [0.4, 0.5) is 11.5 Å². The van der Waals surface area contributed by atoms with Gasteiger partial charge < -0.3 is 10.6 Å². The van der Waals surface area contributed by atoms with Crippen molar-refractivity contribution in [3.63, 3.8) is 0 Å². The first kappa shape index (κ1) is 18.4. The van der Waals surface area contributed by atoms with Crippen molar-refractivity contribution in [2.45, 2.75) is 6.42 Å². The fraction of sp³-hybridized carbons (Fsp3) is 0.0952. The number of hydrogen-bond donors (Lipinski definition) is 2. The standard InChI is InChI=1S/C21H17ClN4O/c22-18-5-1-15(2-6-18)9-11-25-21(27)17-10-12-24-20(13-17)26-19-7-3-16(14-23)4-8-19/h1-8,10,12-13H,9,11H2,(H,24,26)(H,25,27). The van der Waals surface area contributed by atoms with Crippen LogP contribution in [0.2, 0.25) is 5.02 Å². The highest BCUT2D eigenvalue weighted by atomic mass is 35.5. The summed E-state index contributed by atoms with van der Waals surface area (Å²) in [6, 6.07) is 20.0. The maximum absolute atomic E-state index is 12.4. The summed E-state index contributed by atoms with van der Waals surface area (Å²) in [5.74, 6) is 0.402. The molecule has 134 valence electrons. The molecule has 0 bridgehead atoms. The van der Waals surface area contributed by atoms with Crippen LogP contribution in [0.1, 0.15) is 21.5 Å². The second-order valence-corrected chi connectivity index (χ2v) is 6.31. The van der Waals surface area contributed by atoms with Gasteiger partial charge in [-0.05, 0) is 60.5 Å². The third kappa shape index (κ3) is 5.30. The Morgan fingerprint density at radius 1 is 1.07 bits per heavy atom. The molecule has 3 aromatic rings. The van der Waals surface area contributed by atoms with E-state index in [1.165, 1.54) is 0 Å². The third-order valence-corrected chi connectivity index (χ3v) is 4.17. The number of nitrogens with zero attached hydrogens (tertiary/aromatic N) is 2. The summed E-state index contributed by atoms with van der Waals surface area (Å²) in [5.41, 5.74) is 3.01. The Morgan fingerprint density at radius 3 is 2.52 bits per heavy atom. The van der Waals surface area contributed by atoms with E-state index < -0.39 is 0 Å². The Balaban J connectivity index is 1.57. The lowest BCUT2D eigenvalue weighted by Gasteiger charge is -2.09. The number of pyridine rings is 1. The molecule has 0 unspecified atom stereocenters. The van der Waals surface area contributed by atoms with Gasteiger partial charge in [0.2, 0.25) is 0 Å². The minimum absolute atomic E-state index is 0.158. The number of benzene rings is 2. The highest BCUT2D eigenvalue weighted by molar-refractivity contribution is 6.30. The number of halogens is 1. The van der Waals surface area contributed by atoms with Crippen LogP contribution in [0.5, 0.6) is 0 Å². The fourth-order valence-corrected chi connectivity index (χ4v) is 2.62. The average Bonchev–Trinajstić information content (AvgIpc) is 2.70. The van der Waals surface area contributed by atoms with Gasteiger partial charge in [0.15, 0.2) is 0 Å². The molecule has 27 heavy (non-hydrogen) atoms. The summed E-state index contributed by atoms with van der Waals surface area (Å²) in [6.45, 7) is 0.529. The third-order valence-electron chi connectivity index (χ3n) is 3.92. The van der Waals surface area contributed by atoms with Crippen molar-refractivity contribution in [3.8, 4) is 6.07 Å². The number of nitriles is 1. The number of carbonyl (C=O) groups is 1. The quantitative estimate of drug-likeness (QED) is 0.671. The van der Waals surface area contributed by atoms with E-state index >= 15 is 0 Å². The van der Waals surface area contributed by atoms with Crippen LogP contribution in [0, 0.1) is 11.3 Å². The van der Waals surface area contributed by atoms with Crippen LogP contribution >= 0.6 is 11.6 Å². The van der Waals surface area contributed by atoms with Gasteiger partial charge in [-0.25, -0.2) is 4.98 Å². The van der Waals surface area contributed by atoms with Crippen LogP contribution in [-0.4, -0.2) is 17.4 Å². The van der Waals surface area contributed by atoms with E-state index in [1.807, 2.05) is 24.3 Å². The van der Waals surface area contributed by atoms with Crippen LogP contribution < -0.4 is 10.6 Å². The second kappa shape index (κ2) is 8.84. The minimum atomic E-state index is -0.158. The number of anilines is 2. The average molecular weight is 377 g/mol. The molecule has 3 rings (SSSR count). The molecule has 0 saturated heterocycles. The molecule has 0 fully saturated rings. The number of amides is 1. The van der Waals surface area contributed by atoms with Gasteiger partial charge in [0, 0.05) is 29.0 Å². The lowest BCUT2D eigenvalue weighted by molar-refractivity contribution is 0.0954. The van der Waals surface area contributed by atoms with Crippen LogP contribution in [0.3, 0.4) is 0 Å². The van der Waals surface area contributed by atoms with Gasteiger partial charge in [0.05, 0.1) is 11.6 Å². The van der Waals surface area contributed by atoms with Gasteiger partial charge in [-0.15, -0.1) is 0 Å². The highest BCUT2D eigenvalue weighted by Gasteiger charge is 2.07. The summed E-state index contributed by atoms with van der Waals surface area (Å²) >= 11 is 5.87. The van der Waals surface area contributed by atoms with Gasteiger partial charge in [-0.1, -0.05) is 23.7 Å². The predicted octanol–water partition coefficient (Wildman–Crippen LogP) is 4.32. The first-order chi connectivity index (χ1) is 13.1. The van der Waals surface area contributed by atoms with Gasteiger partial charge in [-0.3, -0.25) is 4.79 Å². The number of rotatable bonds is 6. The minimum Gasteiger partial charge on any atom is -0.352 e. The molecule has 0 radical (unpaired) electrons. The Bertz CT molecular complexity index is 963. The molecular formula is C21H17ClN4O. The largest absolute Gasteiger partial charge is 0.352 e. The van der Waals surface area contributed by atoms with E-state index in [1.54, 1.807) is 42.6 Å². The number of carbonyl (C=O) groups excluding carboxylic acids is 1. The molecule has 0 aliphatic carbocycles. The van der Waals surface area contributed by atoms with Crippen LogP contribution in [-0.2, 0) is 6.42 Å². The maximum Gasteiger partial charge on any atom is 0.251 e. The van der Waals surface area contributed by atoms with Crippen LogP contribution in [0.15, 0.2) is 66.9 Å².